The number of nitrogens with zero attached hydrogens (tertiary/aromatic N) is 2. The molecule has 16 heteroatoms. The standard InChI is InChI=1S/2C29H31NO7/c2*1-5-35-25(31)21-17(3)37-24-22(21)23(26(32)36-6-2)28(4,34)29(24)19-14-10-11-15-20(19)30(27(29)33)16-18-12-8-7-9-13-18/h2*7-15,22-24,34H,5-6,16H2,1-4H3/t2*22-,23+,24-,28-,29+/m10/s1. The number of ether oxygens (including phenoxy) is 6. The number of aliphatic hydroxyl groups is 2. The van der Waals surface area contributed by atoms with Gasteiger partial charge in [-0.05, 0) is 89.8 Å². The molecular weight excluding hydrogens is 949 g/mol. The zero-order valence-corrected chi connectivity index (χ0v) is 42.8. The number of fused-ring (bicyclic) bond motifs is 8. The van der Waals surface area contributed by atoms with Crippen molar-refractivity contribution in [3.63, 3.8) is 0 Å². The molecule has 0 bridgehead atoms. The first-order valence-electron chi connectivity index (χ1n) is 25.2. The Balaban J connectivity index is 0.000000182. The van der Waals surface area contributed by atoms with Gasteiger partial charge in [0, 0.05) is 23.2 Å². The average Bonchev–Trinajstić information content (AvgIpc) is 4.12. The number of anilines is 2. The Bertz CT molecular complexity index is 2770. The fraction of sp³-hybridized carbons (Fsp3) is 0.414. The summed E-state index contributed by atoms with van der Waals surface area (Å²) >= 11 is 0. The average molecular weight is 1010 g/mol. The molecule has 0 aromatic heterocycles. The number of carbonyl (C=O) groups is 6. The van der Waals surface area contributed by atoms with Crippen molar-refractivity contribution < 1.29 is 67.4 Å². The van der Waals surface area contributed by atoms with Gasteiger partial charge in [0.25, 0.3) is 0 Å². The van der Waals surface area contributed by atoms with E-state index >= 15 is 0 Å². The number of benzene rings is 4. The second kappa shape index (κ2) is 19.5. The molecule has 2 saturated carbocycles. The first-order valence-corrected chi connectivity index (χ1v) is 25.2. The Morgan fingerprint density at radius 3 is 1.18 bits per heavy atom. The molecule has 10 atom stereocenters. The van der Waals surface area contributed by atoms with Gasteiger partial charge in [-0.3, -0.25) is 19.2 Å². The van der Waals surface area contributed by atoms with Crippen LogP contribution in [0.1, 0.15) is 77.6 Å². The molecule has 74 heavy (non-hydrogen) atoms. The molecule has 2 aliphatic carbocycles. The Morgan fingerprint density at radius 1 is 0.514 bits per heavy atom. The topological polar surface area (TPSA) is 205 Å². The summed E-state index contributed by atoms with van der Waals surface area (Å²) < 4.78 is 34.0. The predicted molar refractivity (Wildman–Crippen MR) is 268 cm³/mol. The summed E-state index contributed by atoms with van der Waals surface area (Å²) in [7, 11) is 0. The van der Waals surface area contributed by atoms with Gasteiger partial charge in [-0.25, -0.2) is 9.59 Å². The largest absolute Gasteiger partial charge is 0.492 e. The van der Waals surface area contributed by atoms with Crippen molar-refractivity contribution in [3.8, 4) is 0 Å². The molecule has 2 N–H and O–H groups in total. The highest BCUT2D eigenvalue weighted by Crippen LogP contribution is 2.67. The minimum absolute atomic E-state index is 0.0821. The number of hydrogen-bond donors (Lipinski definition) is 2. The van der Waals surface area contributed by atoms with Gasteiger partial charge in [-0.2, -0.15) is 0 Å². The molecule has 388 valence electrons. The molecule has 4 aromatic carbocycles. The van der Waals surface area contributed by atoms with Crippen LogP contribution in [0.2, 0.25) is 0 Å². The number of hydrogen-bond acceptors (Lipinski definition) is 14. The molecule has 16 nitrogen and oxygen atoms in total. The van der Waals surface area contributed by atoms with Gasteiger partial charge in [0.1, 0.15) is 34.6 Å². The third-order valence-electron chi connectivity index (χ3n) is 15.9. The molecule has 2 spiro atoms. The molecule has 6 aliphatic rings. The van der Waals surface area contributed by atoms with E-state index in [0.29, 0.717) is 22.5 Å². The van der Waals surface area contributed by atoms with Gasteiger partial charge in [-0.15, -0.1) is 0 Å². The summed E-state index contributed by atoms with van der Waals surface area (Å²) in [5.74, 6) is -7.17. The molecule has 2 fully saturated rings. The van der Waals surface area contributed by atoms with Gasteiger partial charge >= 0.3 is 23.9 Å². The van der Waals surface area contributed by atoms with Crippen LogP contribution in [0.15, 0.2) is 132 Å². The summed E-state index contributed by atoms with van der Waals surface area (Å²) in [6, 6.07) is 33.6. The van der Waals surface area contributed by atoms with Gasteiger partial charge in [0.2, 0.25) is 11.8 Å². The predicted octanol–water partition coefficient (Wildman–Crippen LogP) is 6.53. The lowest BCUT2D eigenvalue weighted by Gasteiger charge is -2.40. The van der Waals surface area contributed by atoms with Gasteiger partial charge in [-0.1, -0.05) is 97.1 Å². The molecule has 2 amide bonds. The van der Waals surface area contributed by atoms with Crippen molar-refractivity contribution in [2.24, 2.45) is 23.7 Å². The maximum absolute atomic E-state index is 14.6. The first-order chi connectivity index (χ1) is 35.4. The fourth-order valence-electron chi connectivity index (χ4n) is 13.1. The minimum Gasteiger partial charge on any atom is -0.492 e. The molecule has 4 aliphatic heterocycles. The lowest BCUT2D eigenvalue weighted by atomic mass is 9.67. The number of esters is 4. The van der Waals surface area contributed by atoms with Crippen molar-refractivity contribution in [3.05, 3.63) is 154 Å². The summed E-state index contributed by atoms with van der Waals surface area (Å²) in [6.07, 6.45) is -2.02. The van der Waals surface area contributed by atoms with Crippen LogP contribution in [0.5, 0.6) is 0 Å². The van der Waals surface area contributed by atoms with Gasteiger partial charge < -0.3 is 48.4 Å². The number of carbonyl (C=O) groups excluding carboxylic acids is 6. The van der Waals surface area contributed by atoms with Crippen molar-refractivity contribution in [2.75, 3.05) is 36.2 Å². The van der Waals surface area contributed by atoms with Gasteiger partial charge in [0.15, 0.2) is 0 Å². The Morgan fingerprint density at radius 2 is 0.838 bits per heavy atom. The number of amides is 2. The van der Waals surface area contributed by atoms with E-state index in [1.54, 1.807) is 75.6 Å². The van der Waals surface area contributed by atoms with Crippen LogP contribution < -0.4 is 9.80 Å². The summed E-state index contributed by atoms with van der Waals surface area (Å²) in [5, 5.41) is 24.6. The van der Waals surface area contributed by atoms with Crippen LogP contribution >= 0.6 is 0 Å². The van der Waals surface area contributed by atoms with Crippen molar-refractivity contribution in [2.45, 2.75) is 103 Å². The van der Waals surface area contributed by atoms with Crippen LogP contribution in [0.4, 0.5) is 11.4 Å². The van der Waals surface area contributed by atoms with E-state index in [1.165, 1.54) is 13.8 Å². The van der Waals surface area contributed by atoms with Crippen LogP contribution in [0.25, 0.3) is 0 Å². The van der Waals surface area contributed by atoms with E-state index in [2.05, 4.69) is 0 Å². The van der Waals surface area contributed by atoms with Crippen LogP contribution in [-0.2, 0) is 81.1 Å². The first kappa shape index (κ1) is 51.6. The molecule has 0 saturated heterocycles. The lowest BCUT2D eigenvalue weighted by molar-refractivity contribution is -0.163. The second-order valence-corrected chi connectivity index (χ2v) is 19.7. The molecule has 4 heterocycles. The number of rotatable bonds is 12. The van der Waals surface area contributed by atoms with E-state index < -0.39 is 81.8 Å². The highest BCUT2D eigenvalue weighted by atomic mass is 16.6. The SMILES string of the molecule is CCOC(=O)C1=C(C)O[C@@H]2[C@H]1[C@@H](C(=O)OCC)[C@@](C)(O)[C@]21C(=O)N(Cc2ccccc2)c2ccccc21.CCOC(=O)C1=C(C)O[C@H]2[C@@H]1[C@H](C(=O)OCC)[C@](C)(O)[C@@]21C(=O)N(Cc2ccccc2)c2ccccc21. The van der Waals surface area contributed by atoms with Crippen molar-refractivity contribution in [1.82, 2.24) is 0 Å². The Kier molecular flexibility index (Phi) is 13.6. The van der Waals surface area contributed by atoms with Crippen molar-refractivity contribution >= 4 is 47.1 Å². The minimum atomic E-state index is -1.94. The summed E-state index contributed by atoms with van der Waals surface area (Å²) in [5.41, 5.74) is -2.68. The summed E-state index contributed by atoms with van der Waals surface area (Å²) in [6.45, 7) is 13.9. The van der Waals surface area contributed by atoms with E-state index in [1.807, 2.05) is 84.9 Å². The van der Waals surface area contributed by atoms with Crippen molar-refractivity contribution in [1.29, 1.82) is 0 Å². The maximum atomic E-state index is 14.6. The number of para-hydroxylation sites is 2. The second-order valence-electron chi connectivity index (χ2n) is 19.7. The highest BCUT2D eigenvalue weighted by Gasteiger charge is 2.81. The maximum Gasteiger partial charge on any atom is 0.337 e. The van der Waals surface area contributed by atoms with E-state index in [9.17, 15) is 39.0 Å². The third kappa shape index (κ3) is 7.37. The van der Waals surface area contributed by atoms with Crippen LogP contribution in [-0.4, -0.2) is 95.7 Å². The lowest BCUT2D eigenvalue weighted by Crippen LogP contribution is -2.60. The normalized spacial score (nSPS) is 29.8. The molecule has 0 radical (unpaired) electrons. The molecule has 0 unspecified atom stereocenters. The molecule has 10 rings (SSSR count). The quantitative estimate of drug-likeness (QED) is 0.114. The van der Waals surface area contributed by atoms with Crippen LogP contribution in [0, 0.1) is 23.7 Å². The smallest absolute Gasteiger partial charge is 0.337 e. The molecule has 4 aromatic rings. The van der Waals surface area contributed by atoms with E-state index in [4.69, 9.17) is 28.4 Å². The highest BCUT2D eigenvalue weighted by molar-refractivity contribution is 6.12. The Hall–Kier alpha value is -7.30. The Labute approximate surface area is 429 Å². The molecular formula is C58H62N2O14. The fourth-order valence-corrected chi connectivity index (χ4v) is 13.1. The van der Waals surface area contributed by atoms with E-state index in [-0.39, 0.29) is 74.0 Å². The zero-order chi connectivity index (χ0) is 53.1. The zero-order valence-electron chi connectivity index (χ0n) is 42.8. The summed E-state index contributed by atoms with van der Waals surface area (Å²) in [4.78, 5) is 85.5. The van der Waals surface area contributed by atoms with Gasteiger partial charge in [0.05, 0.1) is 73.7 Å². The monoisotopic (exact) mass is 1010 g/mol. The van der Waals surface area contributed by atoms with E-state index in [0.717, 1.165) is 11.1 Å². The number of allylic oxidation sites excluding steroid dienone is 2. The third-order valence-corrected chi connectivity index (χ3v) is 15.9. The van der Waals surface area contributed by atoms with Crippen LogP contribution in [0.3, 0.4) is 0 Å².